The number of piperidine rings is 1. The van der Waals surface area contributed by atoms with Crippen LogP contribution in [0, 0.1) is 6.92 Å². The highest BCUT2D eigenvalue weighted by Gasteiger charge is 2.30. The molecular formula is C18H22N4O3. The van der Waals surface area contributed by atoms with E-state index in [2.05, 4.69) is 10.3 Å². The van der Waals surface area contributed by atoms with Gasteiger partial charge in [0, 0.05) is 12.6 Å². The number of nitrogens with zero attached hydrogens (tertiary/aromatic N) is 4. The summed E-state index contributed by atoms with van der Waals surface area (Å²) in [6.45, 7) is 2.63. The van der Waals surface area contributed by atoms with Crippen LogP contribution >= 0.6 is 0 Å². The van der Waals surface area contributed by atoms with Crippen LogP contribution < -0.4 is 0 Å². The van der Waals surface area contributed by atoms with Crippen molar-refractivity contribution in [3.8, 4) is 5.69 Å². The SMILES string of the molecule is COC(=O)CC1CCCCN1C(=O)c1cn(-c2ccc(C)cc2)nn1. The van der Waals surface area contributed by atoms with E-state index in [-0.39, 0.29) is 30.0 Å². The average Bonchev–Trinajstić information content (AvgIpc) is 3.12. The average molecular weight is 342 g/mol. The lowest BCUT2D eigenvalue weighted by molar-refractivity contribution is -0.142. The molecule has 1 saturated heterocycles. The molecule has 1 aliphatic heterocycles. The molecule has 1 aromatic heterocycles. The van der Waals surface area contributed by atoms with Crippen LogP contribution in [0.4, 0.5) is 0 Å². The first-order valence-electron chi connectivity index (χ1n) is 8.45. The number of carbonyl (C=O) groups excluding carboxylic acids is 2. The second-order valence-corrected chi connectivity index (χ2v) is 6.31. The Hall–Kier alpha value is -2.70. The first-order valence-corrected chi connectivity index (χ1v) is 8.45. The molecule has 0 saturated carbocycles. The van der Waals surface area contributed by atoms with Crippen LogP contribution in [0.1, 0.15) is 41.7 Å². The van der Waals surface area contributed by atoms with Crippen LogP contribution in [-0.2, 0) is 9.53 Å². The number of methoxy groups -OCH3 is 1. The summed E-state index contributed by atoms with van der Waals surface area (Å²) >= 11 is 0. The molecule has 1 fully saturated rings. The lowest BCUT2D eigenvalue weighted by Gasteiger charge is -2.34. The maximum absolute atomic E-state index is 12.8. The van der Waals surface area contributed by atoms with Crippen LogP contribution in [0.5, 0.6) is 0 Å². The van der Waals surface area contributed by atoms with Crippen molar-refractivity contribution in [2.24, 2.45) is 0 Å². The molecule has 0 bridgehead atoms. The summed E-state index contributed by atoms with van der Waals surface area (Å²) in [7, 11) is 1.37. The monoisotopic (exact) mass is 342 g/mol. The van der Waals surface area contributed by atoms with Gasteiger partial charge in [0.05, 0.1) is 25.4 Å². The Morgan fingerprint density at radius 2 is 2.00 bits per heavy atom. The Balaban J connectivity index is 1.77. The third-order valence-electron chi connectivity index (χ3n) is 4.53. The summed E-state index contributed by atoms with van der Waals surface area (Å²) in [6.07, 6.45) is 4.58. The Kier molecular flexibility index (Phi) is 5.11. The van der Waals surface area contributed by atoms with Crippen molar-refractivity contribution in [2.75, 3.05) is 13.7 Å². The zero-order chi connectivity index (χ0) is 17.8. The van der Waals surface area contributed by atoms with E-state index in [0.29, 0.717) is 6.54 Å². The molecule has 2 heterocycles. The van der Waals surface area contributed by atoms with Gasteiger partial charge in [0.25, 0.3) is 5.91 Å². The molecule has 1 aliphatic rings. The number of rotatable bonds is 4. The van der Waals surface area contributed by atoms with Gasteiger partial charge in [-0.25, -0.2) is 4.68 Å². The molecule has 0 N–H and O–H groups in total. The van der Waals surface area contributed by atoms with Gasteiger partial charge >= 0.3 is 5.97 Å². The first-order chi connectivity index (χ1) is 12.1. The van der Waals surface area contributed by atoms with E-state index in [1.54, 1.807) is 15.8 Å². The minimum atomic E-state index is -0.298. The van der Waals surface area contributed by atoms with E-state index in [1.165, 1.54) is 7.11 Å². The van der Waals surface area contributed by atoms with Crippen molar-refractivity contribution in [1.29, 1.82) is 0 Å². The highest BCUT2D eigenvalue weighted by Crippen LogP contribution is 2.22. The van der Waals surface area contributed by atoms with Gasteiger partial charge < -0.3 is 9.64 Å². The number of amides is 1. The number of aromatic nitrogens is 3. The fourth-order valence-electron chi connectivity index (χ4n) is 3.09. The van der Waals surface area contributed by atoms with Gasteiger partial charge in [0.15, 0.2) is 5.69 Å². The Labute approximate surface area is 146 Å². The van der Waals surface area contributed by atoms with E-state index in [1.807, 2.05) is 31.2 Å². The Morgan fingerprint density at radius 1 is 1.24 bits per heavy atom. The van der Waals surface area contributed by atoms with Crippen molar-refractivity contribution in [3.05, 3.63) is 41.7 Å². The fourth-order valence-corrected chi connectivity index (χ4v) is 3.09. The minimum Gasteiger partial charge on any atom is -0.469 e. The lowest BCUT2D eigenvalue weighted by Crippen LogP contribution is -2.45. The van der Waals surface area contributed by atoms with Crippen molar-refractivity contribution < 1.29 is 14.3 Å². The summed E-state index contributed by atoms with van der Waals surface area (Å²) in [5.74, 6) is -0.486. The van der Waals surface area contributed by atoms with Crippen LogP contribution in [0.15, 0.2) is 30.5 Å². The number of esters is 1. The molecule has 7 nitrogen and oxygen atoms in total. The standard InChI is InChI=1S/C18H22N4O3/c1-13-6-8-14(9-7-13)22-12-16(19-20-22)18(24)21-10-4-3-5-15(21)11-17(23)25-2/h6-9,12,15H,3-5,10-11H2,1-2H3. The predicted octanol–water partition coefficient (Wildman–Crippen LogP) is 2.13. The Bertz CT molecular complexity index is 754. The molecule has 1 aromatic carbocycles. The summed E-state index contributed by atoms with van der Waals surface area (Å²) in [5.41, 5.74) is 2.29. The fraction of sp³-hybridized carbons (Fsp3) is 0.444. The molecule has 25 heavy (non-hydrogen) atoms. The van der Waals surface area contributed by atoms with Gasteiger partial charge in [0.2, 0.25) is 0 Å². The van der Waals surface area contributed by atoms with E-state index in [0.717, 1.165) is 30.5 Å². The zero-order valence-electron chi connectivity index (χ0n) is 14.5. The number of carbonyl (C=O) groups is 2. The molecule has 3 rings (SSSR count). The van der Waals surface area contributed by atoms with E-state index < -0.39 is 0 Å². The summed E-state index contributed by atoms with van der Waals surface area (Å²) < 4.78 is 6.34. The normalized spacial score (nSPS) is 17.4. The van der Waals surface area contributed by atoms with E-state index >= 15 is 0 Å². The van der Waals surface area contributed by atoms with Crippen LogP contribution in [-0.4, -0.2) is 51.5 Å². The first kappa shape index (κ1) is 17.1. The number of likely N-dealkylation sites (tertiary alicyclic amines) is 1. The van der Waals surface area contributed by atoms with Crippen molar-refractivity contribution in [3.63, 3.8) is 0 Å². The van der Waals surface area contributed by atoms with Crippen LogP contribution in [0.2, 0.25) is 0 Å². The maximum atomic E-state index is 12.8. The molecule has 1 unspecified atom stereocenters. The summed E-state index contributed by atoms with van der Waals surface area (Å²) in [4.78, 5) is 26.2. The number of hydrogen-bond donors (Lipinski definition) is 0. The van der Waals surface area contributed by atoms with Crippen molar-refractivity contribution >= 4 is 11.9 Å². The Morgan fingerprint density at radius 3 is 2.72 bits per heavy atom. The molecule has 2 aromatic rings. The van der Waals surface area contributed by atoms with Gasteiger partial charge in [0.1, 0.15) is 0 Å². The van der Waals surface area contributed by atoms with Gasteiger partial charge in [-0.05, 0) is 38.3 Å². The number of benzene rings is 1. The second-order valence-electron chi connectivity index (χ2n) is 6.31. The molecule has 132 valence electrons. The van der Waals surface area contributed by atoms with Gasteiger partial charge in [-0.2, -0.15) is 0 Å². The van der Waals surface area contributed by atoms with E-state index in [9.17, 15) is 9.59 Å². The third-order valence-corrected chi connectivity index (χ3v) is 4.53. The van der Waals surface area contributed by atoms with Gasteiger partial charge in [-0.1, -0.05) is 22.9 Å². The third kappa shape index (κ3) is 3.87. The highest BCUT2D eigenvalue weighted by molar-refractivity contribution is 5.92. The highest BCUT2D eigenvalue weighted by atomic mass is 16.5. The number of hydrogen-bond acceptors (Lipinski definition) is 5. The molecule has 1 amide bonds. The van der Waals surface area contributed by atoms with Crippen LogP contribution in [0.25, 0.3) is 5.69 Å². The molecule has 7 heteroatoms. The molecule has 0 radical (unpaired) electrons. The molecule has 0 aliphatic carbocycles. The lowest BCUT2D eigenvalue weighted by atomic mass is 9.99. The van der Waals surface area contributed by atoms with Crippen molar-refractivity contribution in [1.82, 2.24) is 19.9 Å². The van der Waals surface area contributed by atoms with Gasteiger partial charge in [-0.3, -0.25) is 9.59 Å². The topological polar surface area (TPSA) is 77.3 Å². The predicted molar refractivity (Wildman–Crippen MR) is 91.4 cm³/mol. The number of ether oxygens (including phenoxy) is 1. The minimum absolute atomic E-state index is 0.141. The molecular weight excluding hydrogens is 320 g/mol. The summed E-state index contributed by atoms with van der Waals surface area (Å²) in [6, 6.07) is 7.68. The largest absolute Gasteiger partial charge is 0.469 e. The van der Waals surface area contributed by atoms with Crippen LogP contribution in [0.3, 0.4) is 0 Å². The molecule has 0 spiro atoms. The van der Waals surface area contributed by atoms with Gasteiger partial charge in [-0.15, -0.1) is 5.10 Å². The smallest absolute Gasteiger partial charge is 0.307 e. The zero-order valence-corrected chi connectivity index (χ0v) is 14.5. The maximum Gasteiger partial charge on any atom is 0.307 e. The summed E-state index contributed by atoms with van der Waals surface area (Å²) in [5, 5.41) is 8.09. The van der Waals surface area contributed by atoms with E-state index in [4.69, 9.17) is 4.74 Å². The van der Waals surface area contributed by atoms with Crippen molar-refractivity contribution in [2.45, 2.75) is 38.6 Å². The molecule has 1 atom stereocenters. The second kappa shape index (κ2) is 7.46. The quantitative estimate of drug-likeness (QED) is 0.796. The number of aryl methyl sites for hydroxylation is 1.